The number of fused-ring (bicyclic) bond motifs is 1. The molecule has 10 heteroatoms. The molecule has 0 amide bonds. The predicted molar refractivity (Wildman–Crippen MR) is 151 cm³/mol. The molecule has 0 heterocycles. The molecule has 0 unspecified atom stereocenters. The average molecular weight is 542 g/mol. The SMILES string of the molecule is CC(=O)c1ccc2c(c1)C(C)(C)C(C)(C)C2(C)C.Cc1c([N+](=O)[O-])c(C)c([N+](=O)[O-])c(C(C)(C)C)c1[N+](=O)[O-]. The molecular formula is C29H39N3O7. The summed E-state index contributed by atoms with van der Waals surface area (Å²) in [7, 11) is 0. The van der Waals surface area contributed by atoms with E-state index in [1.165, 1.54) is 25.0 Å². The second-order valence-electron chi connectivity index (χ2n) is 12.9. The fraction of sp³-hybridized carbons (Fsp3) is 0.552. The molecule has 1 aliphatic carbocycles. The van der Waals surface area contributed by atoms with Crippen molar-refractivity contribution in [1.82, 2.24) is 0 Å². The molecule has 1 aliphatic rings. The lowest BCUT2D eigenvalue weighted by molar-refractivity contribution is -0.406. The third-order valence-corrected chi connectivity index (χ3v) is 9.09. The third-order valence-electron chi connectivity index (χ3n) is 9.09. The van der Waals surface area contributed by atoms with E-state index >= 15 is 0 Å². The largest absolute Gasteiger partial charge is 0.295 e. The summed E-state index contributed by atoms with van der Waals surface area (Å²) < 4.78 is 0. The van der Waals surface area contributed by atoms with Gasteiger partial charge < -0.3 is 0 Å². The molecule has 2 aromatic carbocycles. The minimum atomic E-state index is -0.907. The van der Waals surface area contributed by atoms with Gasteiger partial charge in [0, 0.05) is 11.0 Å². The maximum atomic E-state index is 11.6. The molecule has 0 radical (unpaired) electrons. The van der Waals surface area contributed by atoms with Crippen molar-refractivity contribution < 1.29 is 19.6 Å². The monoisotopic (exact) mass is 541 g/mol. The lowest BCUT2D eigenvalue weighted by atomic mass is 9.59. The highest BCUT2D eigenvalue weighted by molar-refractivity contribution is 5.94. The van der Waals surface area contributed by atoms with Crippen molar-refractivity contribution in [3.05, 3.63) is 81.9 Å². The topological polar surface area (TPSA) is 146 Å². The summed E-state index contributed by atoms with van der Waals surface area (Å²) in [5.41, 5.74) is 0.877. The van der Waals surface area contributed by atoms with Gasteiger partial charge in [-0.05, 0) is 54.2 Å². The Morgan fingerprint density at radius 3 is 1.44 bits per heavy atom. The van der Waals surface area contributed by atoms with Crippen LogP contribution in [-0.2, 0) is 16.2 Å². The van der Waals surface area contributed by atoms with Crippen LogP contribution in [0.1, 0.15) is 107 Å². The van der Waals surface area contributed by atoms with E-state index in [1.807, 2.05) is 6.07 Å². The number of nitro benzene ring substituents is 3. The van der Waals surface area contributed by atoms with E-state index in [4.69, 9.17) is 0 Å². The van der Waals surface area contributed by atoms with Gasteiger partial charge in [-0.1, -0.05) is 74.4 Å². The number of ketones is 1. The standard InChI is InChI=1S/C17H24O.C12H15N3O6/c1-11(18)12-8-9-13-14(10-12)16(4,5)17(6,7)15(13,2)3;1-6-9(13(16)17)7(2)11(15(20)21)8(12(3,4)5)10(6)14(18)19/h8-10H,1-7H3;1-5H3. The van der Waals surface area contributed by atoms with E-state index in [0.29, 0.717) is 0 Å². The van der Waals surface area contributed by atoms with Gasteiger partial charge >= 0.3 is 0 Å². The van der Waals surface area contributed by atoms with Gasteiger partial charge in [0.25, 0.3) is 17.1 Å². The van der Waals surface area contributed by atoms with Gasteiger partial charge in [0.05, 0.1) is 14.8 Å². The minimum absolute atomic E-state index is 0.0806. The van der Waals surface area contributed by atoms with E-state index < -0.39 is 37.2 Å². The number of nitro groups is 3. The summed E-state index contributed by atoms with van der Waals surface area (Å²) in [6, 6.07) is 6.23. The number of benzene rings is 2. The van der Waals surface area contributed by atoms with Crippen molar-refractivity contribution in [1.29, 1.82) is 0 Å². The predicted octanol–water partition coefficient (Wildman–Crippen LogP) is 7.81. The smallest absolute Gasteiger partial charge is 0.289 e. The lowest BCUT2D eigenvalue weighted by Crippen LogP contribution is -2.42. The summed E-state index contributed by atoms with van der Waals surface area (Å²) >= 11 is 0. The van der Waals surface area contributed by atoms with E-state index in [1.54, 1.807) is 27.7 Å². The first-order chi connectivity index (χ1) is 17.4. The Balaban J connectivity index is 0.000000276. The van der Waals surface area contributed by atoms with Crippen molar-refractivity contribution >= 4 is 22.8 Å². The number of Topliss-reactive ketones (excluding diaryl/α,β-unsaturated/α-hetero) is 1. The van der Waals surface area contributed by atoms with Gasteiger partial charge in [0.2, 0.25) is 0 Å². The van der Waals surface area contributed by atoms with Gasteiger partial charge in [-0.15, -0.1) is 0 Å². The first-order valence-corrected chi connectivity index (χ1v) is 12.7. The van der Waals surface area contributed by atoms with Crippen molar-refractivity contribution in [3.63, 3.8) is 0 Å². The number of nitrogens with zero attached hydrogens (tertiary/aromatic N) is 3. The molecule has 0 aliphatic heterocycles. The Morgan fingerprint density at radius 2 is 1.10 bits per heavy atom. The first-order valence-electron chi connectivity index (χ1n) is 12.7. The maximum absolute atomic E-state index is 11.6. The number of hydrogen-bond donors (Lipinski definition) is 0. The number of carbonyl (C=O) groups excluding carboxylic acids is 1. The van der Waals surface area contributed by atoms with Crippen LogP contribution in [0.5, 0.6) is 0 Å². The minimum Gasteiger partial charge on any atom is -0.295 e. The van der Waals surface area contributed by atoms with Crippen molar-refractivity contribution in [2.24, 2.45) is 5.41 Å². The Hall–Kier alpha value is -3.69. The van der Waals surface area contributed by atoms with Gasteiger partial charge in [0.1, 0.15) is 16.7 Å². The highest BCUT2D eigenvalue weighted by atomic mass is 16.6. The second kappa shape index (κ2) is 9.81. The van der Waals surface area contributed by atoms with E-state index in [0.717, 1.165) is 5.56 Å². The van der Waals surface area contributed by atoms with Crippen LogP contribution in [0.15, 0.2) is 18.2 Å². The van der Waals surface area contributed by atoms with Crippen LogP contribution in [0.3, 0.4) is 0 Å². The van der Waals surface area contributed by atoms with Gasteiger partial charge in [0.15, 0.2) is 5.78 Å². The van der Waals surface area contributed by atoms with Gasteiger partial charge in [-0.3, -0.25) is 35.1 Å². The molecule has 0 aromatic heterocycles. The fourth-order valence-electron chi connectivity index (χ4n) is 5.71. The maximum Gasteiger partial charge on any atom is 0.289 e. The molecule has 0 saturated heterocycles. The molecule has 212 valence electrons. The molecule has 39 heavy (non-hydrogen) atoms. The molecule has 0 spiro atoms. The van der Waals surface area contributed by atoms with Crippen molar-refractivity contribution in [3.8, 4) is 0 Å². The number of carbonyl (C=O) groups is 1. The van der Waals surface area contributed by atoms with Crippen LogP contribution < -0.4 is 0 Å². The normalized spacial score (nSPS) is 16.5. The van der Waals surface area contributed by atoms with Crippen molar-refractivity contribution in [2.45, 2.75) is 99.3 Å². The van der Waals surface area contributed by atoms with E-state index in [2.05, 4.69) is 53.7 Å². The Bertz CT molecular complexity index is 1360. The summed E-state index contributed by atoms with van der Waals surface area (Å²) in [6.07, 6.45) is 0. The summed E-state index contributed by atoms with van der Waals surface area (Å²) in [5.74, 6) is 0.149. The first kappa shape index (κ1) is 31.5. The van der Waals surface area contributed by atoms with Crippen LogP contribution in [0, 0.1) is 49.6 Å². The zero-order valence-corrected chi connectivity index (χ0v) is 24.9. The van der Waals surface area contributed by atoms with Crippen LogP contribution in [0.4, 0.5) is 17.1 Å². The average Bonchev–Trinajstić information content (AvgIpc) is 2.86. The molecule has 10 nitrogen and oxygen atoms in total. The van der Waals surface area contributed by atoms with Crippen LogP contribution in [-0.4, -0.2) is 20.6 Å². The van der Waals surface area contributed by atoms with Gasteiger partial charge in [-0.2, -0.15) is 0 Å². The molecule has 0 N–H and O–H groups in total. The summed E-state index contributed by atoms with van der Waals surface area (Å²) in [4.78, 5) is 42.9. The third kappa shape index (κ3) is 4.92. The summed E-state index contributed by atoms with van der Waals surface area (Å²) in [6.45, 7) is 22.8. The molecule has 0 atom stereocenters. The van der Waals surface area contributed by atoms with Crippen LogP contribution >= 0.6 is 0 Å². The molecule has 0 fully saturated rings. The Morgan fingerprint density at radius 1 is 0.718 bits per heavy atom. The Kier molecular flexibility index (Phi) is 7.93. The molecule has 2 aromatic rings. The second-order valence-corrected chi connectivity index (χ2v) is 12.9. The molecule has 3 rings (SSSR count). The zero-order valence-electron chi connectivity index (χ0n) is 24.9. The fourth-order valence-corrected chi connectivity index (χ4v) is 5.71. The lowest BCUT2D eigenvalue weighted by Gasteiger charge is -2.44. The highest BCUT2D eigenvalue weighted by Gasteiger charge is 2.56. The van der Waals surface area contributed by atoms with E-state index in [-0.39, 0.29) is 38.7 Å². The van der Waals surface area contributed by atoms with Crippen molar-refractivity contribution in [2.75, 3.05) is 0 Å². The highest BCUT2D eigenvalue weighted by Crippen LogP contribution is 2.61. The zero-order chi connectivity index (χ0) is 30.6. The van der Waals surface area contributed by atoms with Crippen LogP contribution in [0.2, 0.25) is 0 Å². The summed E-state index contributed by atoms with van der Waals surface area (Å²) in [5, 5.41) is 33.7. The van der Waals surface area contributed by atoms with Gasteiger partial charge in [-0.25, -0.2) is 0 Å². The molecule has 0 bridgehead atoms. The number of hydrogen-bond acceptors (Lipinski definition) is 7. The quantitative estimate of drug-likeness (QED) is 0.218. The molecular weight excluding hydrogens is 502 g/mol. The molecule has 0 saturated carbocycles. The Labute approximate surface area is 229 Å². The van der Waals surface area contributed by atoms with Crippen LogP contribution in [0.25, 0.3) is 0 Å². The number of rotatable bonds is 4. The van der Waals surface area contributed by atoms with E-state index in [9.17, 15) is 35.1 Å².